The molecule has 0 amide bonds. The molecule has 2 aromatic heterocycles. The number of aromatic nitrogens is 4. The molecule has 0 radical (unpaired) electrons. The number of benzene rings is 1. The van der Waals surface area contributed by atoms with Crippen molar-refractivity contribution < 1.29 is 4.74 Å². The maximum Gasteiger partial charge on any atom is 0.175 e. The number of nitrogens with one attached hydrogen (secondary N) is 1. The molecular weight excluding hydrogens is 468 g/mol. The lowest BCUT2D eigenvalue weighted by atomic mass is 9.92. The normalized spacial score (nSPS) is 12.0. The van der Waals surface area contributed by atoms with Crippen LogP contribution in [0.5, 0.6) is 5.75 Å². The first-order valence-electron chi connectivity index (χ1n) is 14.3. The van der Waals surface area contributed by atoms with Gasteiger partial charge in [0.2, 0.25) is 0 Å². The Morgan fingerprint density at radius 2 is 1.31 bits per heavy atom. The fourth-order valence-electron chi connectivity index (χ4n) is 4.60. The van der Waals surface area contributed by atoms with Crippen LogP contribution < -0.4 is 4.74 Å². The highest BCUT2D eigenvalue weighted by molar-refractivity contribution is 6.34. The highest BCUT2D eigenvalue weighted by Gasteiger charge is 2.25. The lowest BCUT2D eigenvalue weighted by Gasteiger charge is -2.14. The minimum Gasteiger partial charge on any atom is -0.494 e. The summed E-state index contributed by atoms with van der Waals surface area (Å²) in [5.74, 6) is 1.65. The molecule has 1 N–H and O–H groups in total. The zero-order valence-electron chi connectivity index (χ0n) is 23.0. The molecule has 0 spiro atoms. The zero-order chi connectivity index (χ0) is 25.8. The predicted molar refractivity (Wildman–Crippen MR) is 152 cm³/mol. The van der Waals surface area contributed by atoms with E-state index in [9.17, 15) is 0 Å². The van der Waals surface area contributed by atoms with E-state index < -0.39 is 0 Å². The summed E-state index contributed by atoms with van der Waals surface area (Å²) in [6, 6.07) is 8.06. The van der Waals surface area contributed by atoms with E-state index in [1.54, 1.807) is 4.63 Å². The Morgan fingerprint density at radius 3 is 1.81 bits per heavy atom. The van der Waals surface area contributed by atoms with Crippen LogP contribution in [0.3, 0.4) is 0 Å². The summed E-state index contributed by atoms with van der Waals surface area (Å²) in [4.78, 5) is 3.31. The molecule has 6 heteroatoms. The van der Waals surface area contributed by atoms with Gasteiger partial charge in [-0.3, -0.25) is 0 Å². The third-order valence-electron chi connectivity index (χ3n) is 6.85. The van der Waals surface area contributed by atoms with Crippen LogP contribution in [0, 0.1) is 0 Å². The van der Waals surface area contributed by atoms with Gasteiger partial charge in [0.25, 0.3) is 0 Å². The first-order valence-corrected chi connectivity index (χ1v) is 14.7. The number of halogens is 1. The molecule has 36 heavy (non-hydrogen) atoms. The van der Waals surface area contributed by atoms with E-state index in [-0.39, 0.29) is 5.41 Å². The topological polar surface area (TPSA) is 55.2 Å². The molecule has 200 valence electrons. The van der Waals surface area contributed by atoms with Gasteiger partial charge in [0.1, 0.15) is 10.8 Å². The highest BCUT2D eigenvalue weighted by Crippen LogP contribution is 2.32. The number of hydrogen-bond donors (Lipinski definition) is 1. The number of rotatable bonds is 17. The summed E-state index contributed by atoms with van der Waals surface area (Å²) in [5, 5.41) is 9.78. The minimum absolute atomic E-state index is 0.127. The summed E-state index contributed by atoms with van der Waals surface area (Å²) < 4.78 is 7.55. The predicted octanol–water partition coefficient (Wildman–Crippen LogP) is 9.54. The van der Waals surface area contributed by atoms with Gasteiger partial charge in [-0.1, -0.05) is 123 Å². The largest absolute Gasteiger partial charge is 0.494 e. The maximum atomic E-state index is 6.55. The Balaban J connectivity index is 1.26. The second kappa shape index (κ2) is 14.7. The summed E-state index contributed by atoms with van der Waals surface area (Å²) in [5.41, 5.74) is 2.44. The van der Waals surface area contributed by atoms with Crippen molar-refractivity contribution in [3.63, 3.8) is 0 Å². The first kappa shape index (κ1) is 28.6. The summed E-state index contributed by atoms with van der Waals surface area (Å²) in [7, 11) is 0. The van der Waals surface area contributed by atoms with E-state index >= 15 is 0 Å². The summed E-state index contributed by atoms with van der Waals surface area (Å²) >= 11 is 6.55. The van der Waals surface area contributed by atoms with Crippen LogP contribution in [0.4, 0.5) is 0 Å². The van der Waals surface area contributed by atoms with Crippen LogP contribution in [0.2, 0.25) is 5.02 Å². The van der Waals surface area contributed by atoms with Gasteiger partial charge in [-0.25, -0.2) is 0 Å². The van der Waals surface area contributed by atoms with Gasteiger partial charge in [-0.2, -0.15) is 5.10 Å². The highest BCUT2D eigenvalue weighted by atomic mass is 35.5. The van der Waals surface area contributed by atoms with Crippen LogP contribution >= 0.6 is 11.6 Å². The van der Waals surface area contributed by atoms with Crippen molar-refractivity contribution in [1.29, 1.82) is 0 Å². The van der Waals surface area contributed by atoms with Gasteiger partial charge in [0.05, 0.1) is 12.3 Å². The summed E-state index contributed by atoms with van der Waals surface area (Å²) in [6.45, 7) is 9.35. The molecule has 0 bridgehead atoms. The molecule has 0 aliphatic rings. The standard InChI is InChI=1S/C30H47ClN4O/c1-5-6-7-8-9-10-11-12-13-14-15-16-17-18-23-36-25-21-19-24(20-22-25)28-32-29-26(31)27(30(2,3)4)33-35(29)34-28/h19-22H,5-18,23H2,1-4H3,(H,32,34). The van der Waals surface area contributed by atoms with E-state index in [1.807, 2.05) is 24.3 Å². The van der Waals surface area contributed by atoms with Crippen molar-refractivity contribution >= 4 is 17.2 Å². The number of unbranched alkanes of at least 4 members (excludes halogenated alkanes) is 13. The molecule has 3 rings (SSSR count). The van der Waals surface area contributed by atoms with Crippen LogP contribution in [0.15, 0.2) is 24.3 Å². The molecular formula is C30H47ClN4O. The van der Waals surface area contributed by atoms with Gasteiger partial charge >= 0.3 is 0 Å². The van der Waals surface area contributed by atoms with Crippen molar-refractivity contribution in [3.05, 3.63) is 35.0 Å². The maximum absolute atomic E-state index is 6.55. The molecule has 0 saturated heterocycles. The Bertz CT molecular complexity index is 1020. The second-order valence-corrected chi connectivity index (χ2v) is 11.6. The Labute approximate surface area is 223 Å². The number of ether oxygens (including phenoxy) is 1. The SMILES string of the molecule is CCCCCCCCCCCCCCCCOc1ccc(-c2nn3nc(C(C)(C)C)c(Cl)c3[nH]2)cc1. The van der Waals surface area contributed by atoms with E-state index in [4.69, 9.17) is 16.3 Å². The van der Waals surface area contributed by atoms with Crippen molar-refractivity contribution in [1.82, 2.24) is 19.8 Å². The molecule has 2 heterocycles. The molecule has 3 aromatic rings. The molecule has 0 fully saturated rings. The number of H-pyrrole nitrogens is 1. The van der Waals surface area contributed by atoms with Crippen LogP contribution in [0.1, 0.15) is 123 Å². The van der Waals surface area contributed by atoms with Gasteiger partial charge in [-0.15, -0.1) is 9.73 Å². The number of fused-ring (bicyclic) bond motifs is 1. The van der Waals surface area contributed by atoms with Gasteiger partial charge in [0, 0.05) is 11.0 Å². The average molecular weight is 515 g/mol. The third-order valence-corrected chi connectivity index (χ3v) is 7.20. The van der Waals surface area contributed by atoms with E-state index in [0.29, 0.717) is 5.02 Å². The third kappa shape index (κ3) is 8.83. The average Bonchev–Trinajstić information content (AvgIpc) is 3.41. The Morgan fingerprint density at radius 1 is 0.778 bits per heavy atom. The summed E-state index contributed by atoms with van der Waals surface area (Å²) in [6.07, 6.45) is 19.2. The Hall–Kier alpha value is -2.01. The molecule has 0 unspecified atom stereocenters. The van der Waals surface area contributed by atoms with Crippen LogP contribution in [-0.2, 0) is 5.41 Å². The van der Waals surface area contributed by atoms with Crippen LogP contribution in [-0.4, -0.2) is 26.4 Å². The van der Waals surface area contributed by atoms with Gasteiger partial charge in [-0.05, 0) is 30.7 Å². The fraction of sp³-hybridized carbons (Fsp3) is 0.667. The molecule has 0 atom stereocenters. The van der Waals surface area contributed by atoms with Crippen molar-refractivity contribution in [2.45, 2.75) is 123 Å². The Kier molecular flexibility index (Phi) is 11.6. The number of aromatic amines is 1. The smallest absolute Gasteiger partial charge is 0.175 e. The number of nitrogens with zero attached hydrogens (tertiary/aromatic N) is 3. The second-order valence-electron chi connectivity index (χ2n) is 11.2. The minimum atomic E-state index is -0.127. The van der Waals surface area contributed by atoms with E-state index in [0.717, 1.165) is 41.5 Å². The first-order chi connectivity index (χ1) is 17.4. The zero-order valence-corrected chi connectivity index (χ0v) is 23.8. The van der Waals surface area contributed by atoms with Gasteiger partial charge < -0.3 is 9.72 Å². The van der Waals surface area contributed by atoms with Crippen molar-refractivity contribution in [3.8, 4) is 17.1 Å². The van der Waals surface area contributed by atoms with Gasteiger partial charge in [0.15, 0.2) is 11.5 Å². The molecule has 0 saturated carbocycles. The van der Waals surface area contributed by atoms with Crippen LogP contribution in [0.25, 0.3) is 17.0 Å². The molecule has 1 aromatic carbocycles. The van der Waals surface area contributed by atoms with E-state index in [2.05, 4.69) is 42.9 Å². The molecule has 5 nitrogen and oxygen atoms in total. The molecule has 0 aliphatic heterocycles. The lowest BCUT2D eigenvalue weighted by Crippen LogP contribution is -2.12. The monoisotopic (exact) mass is 514 g/mol. The molecule has 0 aliphatic carbocycles. The van der Waals surface area contributed by atoms with E-state index in [1.165, 1.54) is 83.5 Å². The quantitative estimate of drug-likeness (QED) is 0.182. The lowest BCUT2D eigenvalue weighted by molar-refractivity contribution is 0.304. The number of hydrogen-bond acceptors (Lipinski definition) is 3. The fourth-order valence-corrected chi connectivity index (χ4v) is 5.05. The van der Waals surface area contributed by atoms with Crippen molar-refractivity contribution in [2.24, 2.45) is 0 Å². The van der Waals surface area contributed by atoms with Crippen molar-refractivity contribution in [2.75, 3.05) is 6.61 Å².